The van der Waals surface area contributed by atoms with Crippen LogP contribution in [-0.4, -0.2) is 40.1 Å². The lowest BCUT2D eigenvalue weighted by Gasteiger charge is -2.30. The number of halogens is 1. The van der Waals surface area contributed by atoms with Crippen LogP contribution in [0.15, 0.2) is 75.1 Å². The van der Waals surface area contributed by atoms with Crippen LogP contribution >= 0.6 is 22.9 Å². The third-order valence-electron chi connectivity index (χ3n) is 5.44. The summed E-state index contributed by atoms with van der Waals surface area (Å²) in [5, 5.41) is 5.01. The van der Waals surface area contributed by atoms with Crippen molar-refractivity contribution in [2.45, 2.75) is 21.9 Å². The second-order valence-corrected chi connectivity index (χ2v) is 13.0. The molecular formula is C22H22ClN3O5S3. The second kappa shape index (κ2) is 10.0. The van der Waals surface area contributed by atoms with Gasteiger partial charge < -0.3 is 5.32 Å². The van der Waals surface area contributed by atoms with Gasteiger partial charge in [0.15, 0.2) is 0 Å². The first-order chi connectivity index (χ1) is 16.1. The zero-order chi connectivity index (χ0) is 24.3. The molecule has 2 heterocycles. The standard InChI is InChI=1S/C22H22ClN3O5S3/c23-17-3-5-19(6-4-17)25-33(28,29)20-9-7-18(8-10-20)24-22(27)16-11-13-26(14-12-16)34(30,31)21-2-1-15-32-21/h1-10,15-16,25H,11-14H2,(H,24,27). The van der Waals surface area contributed by atoms with Gasteiger partial charge in [-0.3, -0.25) is 9.52 Å². The van der Waals surface area contributed by atoms with Gasteiger partial charge in [-0.05, 0) is 72.8 Å². The van der Waals surface area contributed by atoms with Crippen molar-refractivity contribution < 1.29 is 21.6 Å². The largest absolute Gasteiger partial charge is 0.326 e. The highest BCUT2D eigenvalue weighted by molar-refractivity contribution is 7.92. The molecule has 1 aliphatic heterocycles. The van der Waals surface area contributed by atoms with Gasteiger partial charge in [0.05, 0.1) is 4.90 Å². The lowest BCUT2D eigenvalue weighted by Crippen LogP contribution is -2.41. The highest BCUT2D eigenvalue weighted by Gasteiger charge is 2.32. The number of carbonyl (C=O) groups excluding carboxylic acids is 1. The summed E-state index contributed by atoms with van der Waals surface area (Å²) >= 11 is 7.00. The Hall–Kier alpha value is -2.44. The maximum absolute atomic E-state index is 12.7. The van der Waals surface area contributed by atoms with E-state index in [0.29, 0.717) is 33.4 Å². The number of thiophene rings is 1. The zero-order valence-corrected chi connectivity index (χ0v) is 21.1. The molecule has 12 heteroatoms. The summed E-state index contributed by atoms with van der Waals surface area (Å²) < 4.78 is 54.6. The summed E-state index contributed by atoms with van der Waals surface area (Å²) in [6.45, 7) is 0.539. The minimum absolute atomic E-state index is 0.0486. The van der Waals surface area contributed by atoms with E-state index in [1.54, 1.807) is 41.8 Å². The van der Waals surface area contributed by atoms with Crippen LogP contribution in [0.4, 0.5) is 11.4 Å². The fraction of sp³-hybridized carbons (Fsp3) is 0.227. The Balaban J connectivity index is 1.34. The van der Waals surface area contributed by atoms with Gasteiger partial charge in [-0.1, -0.05) is 17.7 Å². The first-order valence-electron chi connectivity index (χ1n) is 10.4. The van der Waals surface area contributed by atoms with Crippen molar-refractivity contribution in [1.29, 1.82) is 0 Å². The molecule has 180 valence electrons. The highest BCUT2D eigenvalue weighted by Crippen LogP contribution is 2.27. The Morgan fingerprint density at radius 1 is 0.912 bits per heavy atom. The summed E-state index contributed by atoms with van der Waals surface area (Å²) in [4.78, 5) is 12.7. The quantitative estimate of drug-likeness (QED) is 0.466. The fourth-order valence-electron chi connectivity index (χ4n) is 3.59. The smallest absolute Gasteiger partial charge is 0.261 e. The molecule has 1 saturated heterocycles. The van der Waals surface area contributed by atoms with E-state index in [4.69, 9.17) is 11.6 Å². The van der Waals surface area contributed by atoms with Gasteiger partial charge in [-0.2, -0.15) is 4.31 Å². The molecule has 34 heavy (non-hydrogen) atoms. The molecule has 1 fully saturated rings. The predicted octanol–water partition coefficient (Wildman–Crippen LogP) is 4.24. The molecule has 8 nitrogen and oxygen atoms in total. The van der Waals surface area contributed by atoms with Gasteiger partial charge in [0, 0.05) is 35.4 Å². The highest BCUT2D eigenvalue weighted by atomic mass is 35.5. The van der Waals surface area contributed by atoms with Crippen molar-refractivity contribution in [2.75, 3.05) is 23.1 Å². The van der Waals surface area contributed by atoms with Crippen LogP contribution < -0.4 is 10.0 Å². The number of rotatable bonds is 7. The minimum Gasteiger partial charge on any atom is -0.326 e. The number of nitrogens with one attached hydrogen (secondary N) is 2. The molecule has 4 rings (SSSR count). The molecule has 0 unspecified atom stereocenters. The van der Waals surface area contributed by atoms with E-state index < -0.39 is 20.0 Å². The first-order valence-corrected chi connectivity index (χ1v) is 14.6. The fourth-order valence-corrected chi connectivity index (χ4v) is 7.39. The zero-order valence-electron chi connectivity index (χ0n) is 17.8. The Morgan fingerprint density at radius 2 is 1.53 bits per heavy atom. The maximum Gasteiger partial charge on any atom is 0.261 e. The van der Waals surface area contributed by atoms with Gasteiger partial charge in [-0.25, -0.2) is 16.8 Å². The lowest BCUT2D eigenvalue weighted by molar-refractivity contribution is -0.120. The molecule has 1 aromatic heterocycles. The molecule has 1 amide bonds. The van der Waals surface area contributed by atoms with Gasteiger partial charge in [0.25, 0.3) is 20.0 Å². The average molecular weight is 540 g/mol. The van der Waals surface area contributed by atoms with E-state index in [9.17, 15) is 21.6 Å². The number of anilines is 2. The Bertz CT molecular complexity index is 1350. The van der Waals surface area contributed by atoms with Gasteiger partial charge in [0.2, 0.25) is 5.91 Å². The SMILES string of the molecule is O=C(Nc1ccc(S(=O)(=O)Nc2ccc(Cl)cc2)cc1)C1CCN(S(=O)(=O)c2cccs2)CC1. The van der Waals surface area contributed by atoms with Crippen LogP contribution in [0.1, 0.15) is 12.8 Å². The normalized spacial score (nSPS) is 15.7. The van der Waals surface area contributed by atoms with Gasteiger partial charge in [-0.15, -0.1) is 11.3 Å². The van der Waals surface area contributed by atoms with Crippen molar-refractivity contribution in [2.24, 2.45) is 5.92 Å². The summed E-state index contributed by atoms with van der Waals surface area (Å²) in [6.07, 6.45) is 0.821. The molecule has 2 N–H and O–H groups in total. The van der Waals surface area contributed by atoms with E-state index in [-0.39, 0.29) is 29.8 Å². The Kier molecular flexibility index (Phi) is 7.29. The summed E-state index contributed by atoms with van der Waals surface area (Å²) in [5.74, 6) is -0.548. The maximum atomic E-state index is 12.7. The van der Waals surface area contributed by atoms with E-state index in [0.717, 1.165) is 0 Å². The van der Waals surface area contributed by atoms with E-state index in [1.165, 1.54) is 39.9 Å². The van der Waals surface area contributed by atoms with Crippen LogP contribution in [0.25, 0.3) is 0 Å². The van der Waals surface area contributed by atoms with Crippen molar-refractivity contribution in [3.05, 3.63) is 71.1 Å². The molecular weight excluding hydrogens is 518 g/mol. The minimum atomic E-state index is -3.80. The van der Waals surface area contributed by atoms with Crippen LogP contribution in [0.5, 0.6) is 0 Å². The van der Waals surface area contributed by atoms with Crippen LogP contribution in [0, 0.1) is 5.92 Å². The molecule has 0 radical (unpaired) electrons. The van der Waals surface area contributed by atoms with E-state index >= 15 is 0 Å². The molecule has 0 atom stereocenters. The number of hydrogen-bond donors (Lipinski definition) is 2. The average Bonchev–Trinajstić information content (AvgIpc) is 3.37. The number of nitrogens with zero attached hydrogens (tertiary/aromatic N) is 1. The first kappa shape index (κ1) is 24.7. The Labute approximate surface area is 207 Å². The topological polar surface area (TPSA) is 113 Å². The van der Waals surface area contributed by atoms with Crippen molar-refractivity contribution in [1.82, 2.24) is 4.31 Å². The molecule has 1 aliphatic rings. The second-order valence-electron chi connectivity index (χ2n) is 7.74. The number of hydrogen-bond acceptors (Lipinski definition) is 6. The van der Waals surface area contributed by atoms with Gasteiger partial charge >= 0.3 is 0 Å². The molecule has 0 saturated carbocycles. The summed E-state index contributed by atoms with van der Waals surface area (Å²) in [7, 11) is -7.32. The molecule has 3 aromatic rings. The lowest BCUT2D eigenvalue weighted by atomic mass is 9.97. The van der Waals surface area contributed by atoms with Crippen molar-refractivity contribution in [3.63, 3.8) is 0 Å². The number of benzene rings is 2. The molecule has 0 spiro atoms. The molecule has 0 bridgehead atoms. The van der Waals surface area contributed by atoms with Crippen molar-refractivity contribution >= 4 is 60.3 Å². The van der Waals surface area contributed by atoms with Gasteiger partial charge in [0.1, 0.15) is 4.21 Å². The van der Waals surface area contributed by atoms with Crippen LogP contribution in [0.3, 0.4) is 0 Å². The van der Waals surface area contributed by atoms with Crippen LogP contribution in [-0.2, 0) is 24.8 Å². The van der Waals surface area contributed by atoms with Crippen LogP contribution in [0.2, 0.25) is 5.02 Å². The number of sulfonamides is 2. The number of carbonyl (C=O) groups is 1. The number of piperidine rings is 1. The predicted molar refractivity (Wildman–Crippen MR) is 133 cm³/mol. The Morgan fingerprint density at radius 3 is 2.12 bits per heavy atom. The number of amides is 1. The van der Waals surface area contributed by atoms with E-state index in [1.807, 2.05) is 0 Å². The van der Waals surface area contributed by atoms with Crippen molar-refractivity contribution in [3.8, 4) is 0 Å². The third-order valence-corrected chi connectivity index (χ3v) is 10.4. The van der Waals surface area contributed by atoms with E-state index in [2.05, 4.69) is 10.0 Å². The third kappa shape index (κ3) is 5.61. The summed E-state index contributed by atoms with van der Waals surface area (Å²) in [6, 6.07) is 15.4. The molecule has 2 aromatic carbocycles. The summed E-state index contributed by atoms with van der Waals surface area (Å²) in [5.41, 5.74) is 0.846. The molecule has 0 aliphatic carbocycles. The monoisotopic (exact) mass is 539 g/mol.